The topological polar surface area (TPSA) is 68.7 Å². The predicted octanol–water partition coefficient (Wildman–Crippen LogP) is 6.83. The number of aromatic carboxylic acids is 1. The number of carboxylic acids is 1. The van der Waals surface area contributed by atoms with Crippen LogP contribution >= 0.6 is 0 Å². The van der Waals surface area contributed by atoms with Crippen molar-refractivity contribution in [3.8, 4) is 11.5 Å². The minimum Gasteiger partial charge on any atom is -0.489 e. The Morgan fingerprint density at radius 3 is 2.67 bits per heavy atom. The van der Waals surface area contributed by atoms with Crippen molar-refractivity contribution < 1.29 is 19.4 Å². The van der Waals surface area contributed by atoms with E-state index in [4.69, 9.17) is 14.6 Å². The first kappa shape index (κ1) is 25.0. The summed E-state index contributed by atoms with van der Waals surface area (Å²) in [6.45, 7) is 6.83. The molecule has 0 atom stereocenters. The van der Waals surface area contributed by atoms with Gasteiger partial charge in [-0.2, -0.15) is 0 Å². The van der Waals surface area contributed by atoms with E-state index >= 15 is 0 Å². The van der Waals surface area contributed by atoms with E-state index in [1.165, 1.54) is 48.8 Å². The molecule has 5 nitrogen and oxygen atoms in total. The molecule has 184 valence electrons. The lowest BCUT2D eigenvalue weighted by Gasteiger charge is -2.17. The Balaban J connectivity index is 1.30. The number of carbonyl (C=O) groups is 1. The summed E-state index contributed by atoms with van der Waals surface area (Å²) in [6, 6.07) is 16.3. The molecule has 2 aromatic carbocycles. The first-order valence-electron chi connectivity index (χ1n) is 12.2. The molecule has 1 aromatic heterocycles. The highest BCUT2D eigenvalue weighted by Crippen LogP contribution is 2.26. The summed E-state index contributed by atoms with van der Waals surface area (Å²) in [7, 11) is 0. The van der Waals surface area contributed by atoms with Crippen LogP contribution in [0.4, 0.5) is 0 Å². The number of benzene rings is 2. The number of carboxylic acid groups (broad SMARTS) is 1. The number of rotatable bonds is 10. The van der Waals surface area contributed by atoms with Crippen molar-refractivity contribution in [2.75, 3.05) is 6.61 Å². The summed E-state index contributed by atoms with van der Waals surface area (Å²) >= 11 is 0. The third kappa shape index (κ3) is 6.95. The SMILES string of the molecule is C=C(/C=C\C=C(/C)c1cccc(COc2ccc3c(c2)CCCC3)c1)COc1cncc(C(=O)O)c1. The first-order valence-corrected chi connectivity index (χ1v) is 12.2. The molecule has 1 aliphatic carbocycles. The maximum Gasteiger partial charge on any atom is 0.337 e. The predicted molar refractivity (Wildman–Crippen MR) is 142 cm³/mol. The van der Waals surface area contributed by atoms with Crippen molar-refractivity contribution in [3.05, 3.63) is 119 Å². The summed E-state index contributed by atoms with van der Waals surface area (Å²) in [6.07, 6.45) is 13.5. The molecule has 0 amide bonds. The largest absolute Gasteiger partial charge is 0.489 e. The van der Waals surface area contributed by atoms with Gasteiger partial charge in [0.2, 0.25) is 0 Å². The van der Waals surface area contributed by atoms with E-state index < -0.39 is 5.97 Å². The molecule has 0 saturated carbocycles. The van der Waals surface area contributed by atoms with Crippen LogP contribution in [0.2, 0.25) is 0 Å². The average molecular weight is 482 g/mol. The highest BCUT2D eigenvalue weighted by atomic mass is 16.5. The Morgan fingerprint density at radius 1 is 1.00 bits per heavy atom. The molecule has 1 N–H and O–H groups in total. The van der Waals surface area contributed by atoms with Crippen molar-refractivity contribution in [3.63, 3.8) is 0 Å². The molecule has 5 heteroatoms. The second kappa shape index (κ2) is 12.0. The molecule has 0 spiro atoms. The van der Waals surface area contributed by atoms with E-state index in [0.717, 1.165) is 34.4 Å². The lowest BCUT2D eigenvalue weighted by atomic mass is 9.92. The second-order valence-corrected chi connectivity index (χ2v) is 9.00. The lowest BCUT2D eigenvalue weighted by Crippen LogP contribution is -2.03. The second-order valence-electron chi connectivity index (χ2n) is 9.00. The van der Waals surface area contributed by atoms with Crippen molar-refractivity contribution >= 4 is 11.5 Å². The van der Waals surface area contributed by atoms with Gasteiger partial charge in [0.15, 0.2) is 0 Å². The third-order valence-corrected chi connectivity index (χ3v) is 6.17. The van der Waals surface area contributed by atoms with Gasteiger partial charge in [-0.05, 0) is 90.3 Å². The van der Waals surface area contributed by atoms with Gasteiger partial charge in [-0.3, -0.25) is 4.98 Å². The molecule has 0 radical (unpaired) electrons. The van der Waals surface area contributed by atoms with Crippen LogP contribution in [0.1, 0.15) is 52.4 Å². The molecular formula is C31H31NO4. The normalized spacial score (nSPS) is 13.3. The number of aryl methyl sites for hydroxylation is 2. The van der Waals surface area contributed by atoms with E-state index in [1.807, 2.05) is 24.3 Å². The fourth-order valence-electron chi connectivity index (χ4n) is 4.14. The summed E-state index contributed by atoms with van der Waals surface area (Å²) in [5.41, 5.74) is 7.10. The van der Waals surface area contributed by atoms with Crippen molar-refractivity contribution in [2.45, 2.75) is 39.2 Å². The van der Waals surface area contributed by atoms with Gasteiger partial charge < -0.3 is 14.6 Å². The van der Waals surface area contributed by atoms with Crippen LogP contribution in [-0.2, 0) is 19.4 Å². The van der Waals surface area contributed by atoms with Crippen LogP contribution in [0.3, 0.4) is 0 Å². The van der Waals surface area contributed by atoms with Gasteiger partial charge in [-0.15, -0.1) is 0 Å². The zero-order chi connectivity index (χ0) is 25.3. The van der Waals surface area contributed by atoms with Crippen LogP contribution in [0.15, 0.2) is 91.3 Å². The summed E-state index contributed by atoms with van der Waals surface area (Å²) in [4.78, 5) is 14.9. The quantitative estimate of drug-likeness (QED) is 0.321. The van der Waals surface area contributed by atoms with E-state index in [1.54, 1.807) is 0 Å². The number of ether oxygens (including phenoxy) is 2. The molecule has 1 heterocycles. The molecule has 0 unspecified atom stereocenters. The third-order valence-electron chi connectivity index (χ3n) is 6.17. The number of aromatic nitrogens is 1. The zero-order valence-electron chi connectivity index (χ0n) is 20.6. The van der Waals surface area contributed by atoms with Crippen molar-refractivity contribution in [1.82, 2.24) is 4.98 Å². The fraction of sp³-hybridized carbons (Fsp3) is 0.226. The molecule has 0 bridgehead atoms. The number of hydrogen-bond donors (Lipinski definition) is 1. The maximum atomic E-state index is 11.0. The van der Waals surface area contributed by atoms with Crippen molar-refractivity contribution in [1.29, 1.82) is 0 Å². The number of fused-ring (bicyclic) bond motifs is 1. The lowest BCUT2D eigenvalue weighted by molar-refractivity contribution is 0.0696. The summed E-state index contributed by atoms with van der Waals surface area (Å²) < 4.78 is 11.7. The standard InChI is InChI=1S/C31H31NO4/c1-22(20-35-30-17-28(31(33)34)18-32-19-30)7-5-8-23(2)26-12-6-9-24(15-26)21-36-29-14-13-25-10-3-4-11-27(25)16-29/h5-9,12-19H,1,3-4,10-11,20-21H2,2H3,(H,33,34)/b7-5-,23-8+. The zero-order valence-corrected chi connectivity index (χ0v) is 20.6. The minimum absolute atomic E-state index is 0.0857. The summed E-state index contributed by atoms with van der Waals surface area (Å²) in [5.74, 6) is 0.287. The van der Waals surface area contributed by atoms with E-state index in [9.17, 15) is 4.79 Å². The molecule has 0 aliphatic heterocycles. The van der Waals surface area contributed by atoms with Gasteiger partial charge in [0, 0.05) is 6.20 Å². The van der Waals surface area contributed by atoms with E-state index in [2.05, 4.69) is 54.9 Å². The van der Waals surface area contributed by atoms with Crippen LogP contribution in [0.25, 0.3) is 5.57 Å². The first-order chi connectivity index (χ1) is 17.5. The molecule has 0 saturated heterocycles. The van der Waals surface area contributed by atoms with Crippen LogP contribution < -0.4 is 9.47 Å². The molecular weight excluding hydrogens is 450 g/mol. The Hall–Kier alpha value is -4.12. The molecule has 0 fully saturated rings. The molecule has 4 rings (SSSR count). The van der Waals surface area contributed by atoms with Crippen LogP contribution in [-0.4, -0.2) is 22.7 Å². The molecule has 3 aromatic rings. The Bertz CT molecular complexity index is 1310. The van der Waals surface area contributed by atoms with E-state index in [-0.39, 0.29) is 12.2 Å². The van der Waals surface area contributed by atoms with Gasteiger partial charge in [-0.25, -0.2) is 4.79 Å². The van der Waals surface area contributed by atoms with Crippen LogP contribution in [0, 0.1) is 0 Å². The Morgan fingerprint density at radius 2 is 1.83 bits per heavy atom. The van der Waals surface area contributed by atoms with Crippen LogP contribution in [0.5, 0.6) is 11.5 Å². The smallest absolute Gasteiger partial charge is 0.337 e. The highest BCUT2D eigenvalue weighted by molar-refractivity contribution is 5.87. The van der Waals surface area contributed by atoms with Gasteiger partial charge in [0.25, 0.3) is 0 Å². The van der Waals surface area contributed by atoms with Gasteiger partial charge >= 0.3 is 5.97 Å². The molecule has 36 heavy (non-hydrogen) atoms. The fourth-order valence-corrected chi connectivity index (χ4v) is 4.14. The monoisotopic (exact) mass is 481 g/mol. The Labute approximate surface area is 212 Å². The number of hydrogen-bond acceptors (Lipinski definition) is 4. The number of nitrogens with zero attached hydrogens (tertiary/aromatic N) is 1. The van der Waals surface area contributed by atoms with Gasteiger partial charge in [0.1, 0.15) is 24.7 Å². The van der Waals surface area contributed by atoms with E-state index in [0.29, 0.717) is 12.4 Å². The maximum absolute atomic E-state index is 11.0. The van der Waals surface area contributed by atoms with Gasteiger partial charge in [0.05, 0.1) is 11.8 Å². The molecule has 1 aliphatic rings. The van der Waals surface area contributed by atoms with Crippen molar-refractivity contribution in [2.24, 2.45) is 0 Å². The number of pyridine rings is 1. The summed E-state index contributed by atoms with van der Waals surface area (Å²) in [5, 5.41) is 9.05. The number of allylic oxidation sites excluding steroid dienone is 3. The van der Waals surface area contributed by atoms with Gasteiger partial charge in [-0.1, -0.05) is 49.1 Å². The average Bonchev–Trinajstić information content (AvgIpc) is 2.91. The Kier molecular flexibility index (Phi) is 8.35. The minimum atomic E-state index is -1.04. The highest BCUT2D eigenvalue weighted by Gasteiger charge is 2.10.